The van der Waals surface area contributed by atoms with Gasteiger partial charge >= 0.3 is 0 Å². The highest BCUT2D eigenvalue weighted by atomic mass is 15.0. The van der Waals surface area contributed by atoms with Crippen LogP contribution in [0.15, 0.2) is 18.2 Å². The lowest BCUT2D eigenvalue weighted by Crippen LogP contribution is -2.32. The Morgan fingerprint density at radius 2 is 1.94 bits per heavy atom. The molecule has 1 N–H and O–H groups in total. The van der Waals surface area contributed by atoms with Crippen LogP contribution in [-0.4, -0.2) is 12.6 Å². The first kappa shape index (κ1) is 12.6. The van der Waals surface area contributed by atoms with E-state index >= 15 is 0 Å². The van der Waals surface area contributed by atoms with Gasteiger partial charge in [-0.05, 0) is 49.7 Å². The third kappa shape index (κ3) is 3.85. The summed E-state index contributed by atoms with van der Waals surface area (Å²) < 4.78 is 0. The molecule has 94 valence electrons. The van der Waals surface area contributed by atoms with Gasteiger partial charge in [0.05, 0.1) is 0 Å². The van der Waals surface area contributed by atoms with E-state index in [2.05, 4.69) is 51.2 Å². The first-order valence-corrected chi connectivity index (χ1v) is 6.76. The number of rotatable bonds is 5. The molecule has 1 nitrogen and oxygen atoms in total. The van der Waals surface area contributed by atoms with E-state index in [1.807, 2.05) is 0 Å². The number of hydrogen-bond donors (Lipinski definition) is 1. The Labute approximate surface area is 106 Å². The zero-order valence-corrected chi connectivity index (χ0v) is 11.6. The van der Waals surface area contributed by atoms with Crippen LogP contribution >= 0.6 is 0 Å². The van der Waals surface area contributed by atoms with Crippen LogP contribution in [0.25, 0.3) is 0 Å². The first-order chi connectivity index (χ1) is 7.96. The average molecular weight is 231 g/mol. The fraction of sp³-hybridized carbons (Fsp3) is 0.625. The van der Waals surface area contributed by atoms with Gasteiger partial charge in [-0.3, -0.25) is 0 Å². The largest absolute Gasteiger partial charge is 0.313 e. The lowest BCUT2D eigenvalue weighted by molar-refractivity contribution is 0.336. The number of benzene rings is 1. The predicted molar refractivity (Wildman–Crippen MR) is 74.4 cm³/mol. The molecule has 1 fully saturated rings. The molecule has 1 aromatic carbocycles. The van der Waals surface area contributed by atoms with Crippen molar-refractivity contribution in [2.24, 2.45) is 5.41 Å². The molecule has 0 bridgehead atoms. The maximum atomic E-state index is 3.65. The van der Waals surface area contributed by atoms with Crippen molar-refractivity contribution in [3.05, 3.63) is 34.9 Å². The summed E-state index contributed by atoms with van der Waals surface area (Å²) in [6.45, 7) is 10.3. The van der Waals surface area contributed by atoms with Crippen LogP contribution in [0.2, 0.25) is 0 Å². The van der Waals surface area contributed by atoms with Gasteiger partial charge in [0.2, 0.25) is 0 Å². The number of hydrogen-bond acceptors (Lipinski definition) is 1. The molecule has 0 atom stereocenters. The van der Waals surface area contributed by atoms with E-state index in [4.69, 9.17) is 0 Å². The van der Waals surface area contributed by atoms with Crippen molar-refractivity contribution in [1.82, 2.24) is 5.32 Å². The molecule has 0 aliphatic heterocycles. The van der Waals surface area contributed by atoms with Gasteiger partial charge in [0.1, 0.15) is 0 Å². The van der Waals surface area contributed by atoms with Gasteiger partial charge in [0, 0.05) is 12.6 Å². The van der Waals surface area contributed by atoms with Gasteiger partial charge < -0.3 is 5.32 Å². The van der Waals surface area contributed by atoms with E-state index in [1.165, 1.54) is 36.0 Å². The SMILES string of the molecule is Cc1ccc(C)c(CC(C)(C)CNC2CC2)c1. The summed E-state index contributed by atoms with van der Waals surface area (Å²) in [5.74, 6) is 0. The summed E-state index contributed by atoms with van der Waals surface area (Å²) in [5, 5.41) is 3.65. The number of aryl methyl sites for hydroxylation is 2. The third-order valence-corrected chi connectivity index (χ3v) is 3.62. The molecule has 0 amide bonds. The van der Waals surface area contributed by atoms with Crippen LogP contribution < -0.4 is 5.32 Å². The van der Waals surface area contributed by atoms with E-state index in [9.17, 15) is 0 Å². The third-order valence-electron chi connectivity index (χ3n) is 3.62. The predicted octanol–water partition coefficient (Wildman–Crippen LogP) is 3.62. The van der Waals surface area contributed by atoms with Gasteiger partial charge in [-0.25, -0.2) is 0 Å². The molecule has 1 aliphatic carbocycles. The fourth-order valence-corrected chi connectivity index (χ4v) is 2.28. The van der Waals surface area contributed by atoms with Crippen molar-refractivity contribution >= 4 is 0 Å². The summed E-state index contributed by atoms with van der Waals surface area (Å²) >= 11 is 0. The molecule has 1 heteroatoms. The average Bonchev–Trinajstić information content (AvgIpc) is 3.04. The zero-order valence-electron chi connectivity index (χ0n) is 11.6. The summed E-state index contributed by atoms with van der Waals surface area (Å²) in [5.41, 5.74) is 4.65. The molecule has 0 radical (unpaired) electrons. The second-order valence-electron chi connectivity index (χ2n) is 6.43. The molecule has 17 heavy (non-hydrogen) atoms. The maximum Gasteiger partial charge on any atom is 0.00684 e. The Morgan fingerprint density at radius 1 is 1.24 bits per heavy atom. The monoisotopic (exact) mass is 231 g/mol. The van der Waals surface area contributed by atoms with Crippen molar-refractivity contribution in [3.63, 3.8) is 0 Å². The standard InChI is InChI=1S/C16H25N/c1-12-5-6-13(2)14(9-12)10-16(3,4)11-17-15-7-8-15/h5-6,9,15,17H,7-8,10-11H2,1-4H3. The van der Waals surface area contributed by atoms with Crippen LogP contribution in [0, 0.1) is 19.3 Å². The second-order valence-corrected chi connectivity index (χ2v) is 6.43. The Morgan fingerprint density at radius 3 is 2.59 bits per heavy atom. The van der Waals surface area contributed by atoms with Gasteiger partial charge in [-0.2, -0.15) is 0 Å². The minimum absolute atomic E-state index is 0.348. The molecule has 0 unspecified atom stereocenters. The van der Waals surface area contributed by atoms with E-state index in [0.29, 0.717) is 5.41 Å². The minimum atomic E-state index is 0.348. The molecule has 1 aromatic rings. The van der Waals surface area contributed by atoms with Gasteiger partial charge in [-0.1, -0.05) is 37.6 Å². The lowest BCUT2D eigenvalue weighted by atomic mass is 9.84. The maximum absolute atomic E-state index is 3.65. The van der Waals surface area contributed by atoms with Crippen LogP contribution in [0.1, 0.15) is 43.4 Å². The summed E-state index contributed by atoms with van der Waals surface area (Å²) in [7, 11) is 0. The molecule has 1 saturated carbocycles. The Hall–Kier alpha value is -0.820. The van der Waals surface area contributed by atoms with Crippen LogP contribution in [0.5, 0.6) is 0 Å². The Kier molecular flexibility index (Phi) is 3.58. The zero-order chi connectivity index (χ0) is 12.5. The molecule has 0 spiro atoms. The normalized spacial score (nSPS) is 16.2. The molecule has 0 saturated heterocycles. The molecular formula is C16H25N. The molecule has 2 rings (SSSR count). The second kappa shape index (κ2) is 4.81. The first-order valence-electron chi connectivity index (χ1n) is 6.76. The van der Waals surface area contributed by atoms with E-state index in [1.54, 1.807) is 0 Å². The van der Waals surface area contributed by atoms with Crippen LogP contribution in [0.4, 0.5) is 0 Å². The smallest absolute Gasteiger partial charge is 0.00684 e. The van der Waals surface area contributed by atoms with Gasteiger partial charge in [0.15, 0.2) is 0 Å². The minimum Gasteiger partial charge on any atom is -0.313 e. The highest BCUT2D eigenvalue weighted by Gasteiger charge is 2.25. The van der Waals surface area contributed by atoms with E-state index in [0.717, 1.165) is 12.6 Å². The molecular weight excluding hydrogens is 206 g/mol. The van der Waals surface area contributed by atoms with Crippen molar-refractivity contribution in [1.29, 1.82) is 0 Å². The van der Waals surface area contributed by atoms with E-state index in [-0.39, 0.29) is 0 Å². The lowest BCUT2D eigenvalue weighted by Gasteiger charge is -2.26. The van der Waals surface area contributed by atoms with Crippen molar-refractivity contribution in [2.75, 3.05) is 6.54 Å². The van der Waals surface area contributed by atoms with Crippen LogP contribution in [-0.2, 0) is 6.42 Å². The van der Waals surface area contributed by atoms with Gasteiger partial charge in [-0.15, -0.1) is 0 Å². The van der Waals surface area contributed by atoms with Gasteiger partial charge in [0.25, 0.3) is 0 Å². The summed E-state index contributed by atoms with van der Waals surface area (Å²) in [6, 6.07) is 7.60. The quantitative estimate of drug-likeness (QED) is 0.816. The number of nitrogens with one attached hydrogen (secondary N) is 1. The highest BCUT2D eigenvalue weighted by Crippen LogP contribution is 2.26. The van der Waals surface area contributed by atoms with Crippen LogP contribution in [0.3, 0.4) is 0 Å². The Balaban J connectivity index is 1.99. The molecule has 0 aromatic heterocycles. The topological polar surface area (TPSA) is 12.0 Å². The highest BCUT2D eigenvalue weighted by molar-refractivity contribution is 5.31. The van der Waals surface area contributed by atoms with Crippen molar-refractivity contribution in [2.45, 2.75) is 53.0 Å². The molecule has 1 aliphatic rings. The molecule has 0 heterocycles. The summed E-state index contributed by atoms with van der Waals surface area (Å²) in [6.07, 6.45) is 3.92. The van der Waals surface area contributed by atoms with Crippen molar-refractivity contribution < 1.29 is 0 Å². The van der Waals surface area contributed by atoms with Crippen molar-refractivity contribution in [3.8, 4) is 0 Å². The van der Waals surface area contributed by atoms with E-state index < -0.39 is 0 Å². The summed E-state index contributed by atoms with van der Waals surface area (Å²) in [4.78, 5) is 0. The Bertz CT molecular complexity index is 389. The fourth-order valence-electron chi connectivity index (χ4n) is 2.28.